The van der Waals surface area contributed by atoms with Gasteiger partial charge in [-0.2, -0.15) is 0 Å². The summed E-state index contributed by atoms with van der Waals surface area (Å²) in [4.78, 5) is 22.2. The number of aromatic carboxylic acids is 2. The van der Waals surface area contributed by atoms with Crippen LogP contribution < -0.4 is 15.3 Å². The summed E-state index contributed by atoms with van der Waals surface area (Å²) in [5.41, 5.74) is 1.29. The molecule has 0 unspecified atom stereocenters. The Bertz CT molecular complexity index is 1050. The molecule has 6 nitrogen and oxygen atoms in total. The standard InChI is InChI=1S/2C15H22O3.Al/c2*1-14(2,3)9-7-10(13(17)18)12(16)11(8-9)15(4,5)6;/h2*7-8,16H,1-6H3,(H,17,18);/q;;+3/p-3. The van der Waals surface area contributed by atoms with Crippen LogP contribution in [0.4, 0.5) is 0 Å². The number of rotatable bonds is 2. The Morgan fingerprint density at radius 1 is 0.595 bits per heavy atom. The van der Waals surface area contributed by atoms with E-state index in [2.05, 4.69) is 0 Å². The fourth-order valence-corrected chi connectivity index (χ4v) is 3.55. The van der Waals surface area contributed by atoms with E-state index in [0.29, 0.717) is 11.1 Å². The Morgan fingerprint density at radius 2 is 0.892 bits per heavy atom. The largest absolute Gasteiger partial charge is 3.00 e. The minimum Gasteiger partial charge on any atom is -0.872 e. The molecule has 0 radical (unpaired) electrons. The monoisotopic (exact) mass is 524 g/mol. The van der Waals surface area contributed by atoms with Crippen molar-refractivity contribution in [3.8, 4) is 11.5 Å². The number of carboxylic acids is 2. The zero-order valence-corrected chi connectivity index (χ0v) is 25.5. The van der Waals surface area contributed by atoms with E-state index >= 15 is 0 Å². The van der Waals surface area contributed by atoms with Gasteiger partial charge in [-0.05, 0) is 55.5 Å². The molecule has 7 heteroatoms. The number of carbonyl (C=O) groups excluding carboxylic acids is 1. The molecule has 0 spiro atoms. The van der Waals surface area contributed by atoms with Crippen LogP contribution in [0.3, 0.4) is 0 Å². The molecule has 2 rings (SSSR count). The fourth-order valence-electron chi connectivity index (χ4n) is 3.55. The summed E-state index contributed by atoms with van der Waals surface area (Å²) >= 11 is 0. The molecule has 0 aromatic heterocycles. The summed E-state index contributed by atoms with van der Waals surface area (Å²) in [7, 11) is 0. The molecule has 0 amide bonds. The minimum absolute atomic E-state index is 0. The molecule has 0 fully saturated rings. The maximum atomic E-state index is 12.2. The molecule has 0 aliphatic carbocycles. The Morgan fingerprint density at radius 3 is 1.14 bits per heavy atom. The van der Waals surface area contributed by atoms with Gasteiger partial charge in [-0.15, -0.1) is 0 Å². The van der Waals surface area contributed by atoms with E-state index in [1.807, 2.05) is 95.2 Å². The summed E-state index contributed by atoms with van der Waals surface area (Å²) < 4.78 is 0. The smallest absolute Gasteiger partial charge is 0.872 e. The molecule has 0 bridgehead atoms. The summed E-state index contributed by atoms with van der Waals surface area (Å²) in [6.45, 7) is 23.4. The van der Waals surface area contributed by atoms with Crippen molar-refractivity contribution in [1.29, 1.82) is 0 Å². The van der Waals surface area contributed by atoms with Gasteiger partial charge in [0.2, 0.25) is 0 Å². The van der Waals surface area contributed by atoms with Crippen LogP contribution in [0.1, 0.15) is 126 Å². The maximum Gasteiger partial charge on any atom is 3.00 e. The van der Waals surface area contributed by atoms with Crippen molar-refractivity contribution < 1.29 is 30.0 Å². The second kappa shape index (κ2) is 11.5. The van der Waals surface area contributed by atoms with Gasteiger partial charge in [0, 0.05) is 0 Å². The minimum atomic E-state index is -1.41. The summed E-state index contributed by atoms with van der Waals surface area (Å²) in [5, 5.41) is 44.5. The van der Waals surface area contributed by atoms with Crippen LogP contribution in [0.15, 0.2) is 24.3 Å². The molecule has 0 saturated carbocycles. The van der Waals surface area contributed by atoms with Gasteiger partial charge in [0.25, 0.3) is 0 Å². The van der Waals surface area contributed by atoms with E-state index in [9.17, 15) is 24.9 Å². The average Bonchev–Trinajstić information content (AvgIpc) is 2.64. The van der Waals surface area contributed by atoms with E-state index in [1.165, 1.54) is 12.1 Å². The molecule has 0 saturated heterocycles. The molecular formula is C30H41AlO6. The second-order valence-corrected chi connectivity index (χ2v) is 13.4. The molecule has 2 aromatic carbocycles. The first kappa shape index (κ1) is 34.5. The van der Waals surface area contributed by atoms with E-state index < -0.39 is 17.7 Å². The zero-order valence-electron chi connectivity index (χ0n) is 24.4. The first-order chi connectivity index (χ1) is 15.9. The molecule has 200 valence electrons. The van der Waals surface area contributed by atoms with Gasteiger partial charge in [-0.1, -0.05) is 113 Å². The Kier molecular flexibility index (Phi) is 10.7. The van der Waals surface area contributed by atoms with Crippen LogP contribution in [0.25, 0.3) is 0 Å². The summed E-state index contributed by atoms with van der Waals surface area (Å²) in [6.07, 6.45) is 0. The van der Waals surface area contributed by atoms with Gasteiger partial charge in [0.1, 0.15) is 0 Å². The van der Waals surface area contributed by atoms with Crippen molar-refractivity contribution in [3.63, 3.8) is 0 Å². The third-order valence-electron chi connectivity index (χ3n) is 5.98. The Labute approximate surface area is 232 Å². The van der Waals surface area contributed by atoms with E-state index in [1.54, 1.807) is 0 Å². The number of hydrogen-bond donors (Lipinski definition) is 1. The van der Waals surface area contributed by atoms with E-state index in [-0.39, 0.29) is 55.9 Å². The molecule has 2 aromatic rings. The predicted molar refractivity (Wildman–Crippen MR) is 144 cm³/mol. The first-order valence-electron chi connectivity index (χ1n) is 12.1. The number of carbonyl (C=O) groups is 2. The van der Waals surface area contributed by atoms with Gasteiger partial charge in [0.15, 0.2) is 0 Å². The number of benzene rings is 2. The molecule has 0 heterocycles. The molecule has 37 heavy (non-hydrogen) atoms. The molecule has 1 N–H and O–H groups in total. The van der Waals surface area contributed by atoms with Crippen molar-refractivity contribution in [1.82, 2.24) is 0 Å². The van der Waals surface area contributed by atoms with Crippen LogP contribution >= 0.6 is 0 Å². The van der Waals surface area contributed by atoms with Gasteiger partial charge < -0.3 is 25.2 Å². The SMILES string of the molecule is CC(C)(C)c1cc(C(=O)O)c([O-])c(C(C)(C)C)c1.CC(C)(C)c1cc(C(=O)[O-])c([O-])c(C(C)(C)C)c1.[Al+3]. The number of hydrogen-bond acceptors (Lipinski definition) is 5. The van der Waals surface area contributed by atoms with Crippen molar-refractivity contribution in [2.24, 2.45) is 0 Å². The van der Waals surface area contributed by atoms with Crippen LogP contribution in [-0.2, 0) is 21.7 Å². The average molecular weight is 525 g/mol. The van der Waals surface area contributed by atoms with Gasteiger partial charge in [-0.3, -0.25) is 0 Å². The zero-order chi connectivity index (χ0) is 28.6. The van der Waals surface area contributed by atoms with Crippen LogP contribution in [0.2, 0.25) is 0 Å². The Hall–Kier alpha value is -2.49. The topological polar surface area (TPSA) is 124 Å². The van der Waals surface area contributed by atoms with Crippen molar-refractivity contribution >= 4 is 29.3 Å². The van der Waals surface area contributed by atoms with E-state index in [0.717, 1.165) is 11.1 Å². The van der Waals surface area contributed by atoms with Crippen molar-refractivity contribution in [2.75, 3.05) is 0 Å². The molecule has 0 atom stereocenters. The molecular weight excluding hydrogens is 483 g/mol. The first-order valence-corrected chi connectivity index (χ1v) is 12.1. The fraction of sp³-hybridized carbons (Fsp3) is 0.533. The van der Waals surface area contributed by atoms with Crippen LogP contribution in [-0.4, -0.2) is 34.4 Å². The van der Waals surface area contributed by atoms with Crippen molar-refractivity contribution in [2.45, 2.75) is 105 Å². The quantitative estimate of drug-likeness (QED) is 0.581. The van der Waals surface area contributed by atoms with Crippen LogP contribution in [0.5, 0.6) is 11.5 Å². The number of carboxylic acid groups (broad SMARTS) is 2. The summed E-state index contributed by atoms with van der Waals surface area (Å²) in [6, 6.07) is 6.59. The normalized spacial score (nSPS) is 12.2. The predicted octanol–water partition coefficient (Wildman–Crippen LogP) is 4.39. The third-order valence-corrected chi connectivity index (χ3v) is 5.98. The third kappa shape index (κ3) is 8.80. The van der Waals surface area contributed by atoms with E-state index in [4.69, 9.17) is 5.11 Å². The van der Waals surface area contributed by atoms with Gasteiger partial charge >= 0.3 is 23.3 Å². The maximum absolute atomic E-state index is 12.2. The van der Waals surface area contributed by atoms with Crippen molar-refractivity contribution in [3.05, 3.63) is 57.6 Å². The van der Waals surface area contributed by atoms with Gasteiger partial charge in [-0.25, -0.2) is 4.79 Å². The van der Waals surface area contributed by atoms with Gasteiger partial charge in [0.05, 0.1) is 11.5 Å². The second-order valence-electron chi connectivity index (χ2n) is 13.4. The summed E-state index contributed by atoms with van der Waals surface area (Å²) in [5.74, 6) is -3.37. The Balaban J connectivity index is 0.000000682. The molecule has 0 aliphatic rings. The van der Waals surface area contributed by atoms with Crippen LogP contribution in [0, 0.1) is 0 Å². The molecule has 0 aliphatic heterocycles.